The topological polar surface area (TPSA) is 127 Å². The molecule has 0 bridgehead atoms. The number of allylic oxidation sites excluding steroid dienone is 1. The van der Waals surface area contributed by atoms with Crippen LogP contribution in [0.25, 0.3) is 0 Å². The van der Waals surface area contributed by atoms with Crippen LogP contribution in [0.1, 0.15) is 106 Å². The summed E-state index contributed by atoms with van der Waals surface area (Å²) in [6.07, 6.45) is 11.1. The van der Waals surface area contributed by atoms with Crippen molar-refractivity contribution in [1.29, 1.82) is 0 Å². The molecule has 10 nitrogen and oxygen atoms in total. The number of hydrogen-bond acceptors (Lipinski definition) is 9. The Labute approximate surface area is 353 Å². The minimum absolute atomic E-state index is 0.0149. The Morgan fingerprint density at radius 3 is 2.42 bits per heavy atom. The molecule has 1 amide bonds. The van der Waals surface area contributed by atoms with E-state index in [1.165, 1.54) is 12.1 Å². The number of hydrogen-bond donors (Lipinski definition) is 2. The highest BCUT2D eigenvalue weighted by molar-refractivity contribution is 6.03. The number of aldehydes is 1. The number of carbonyl (C=O) groups is 2. The number of amides is 1. The fourth-order valence-corrected chi connectivity index (χ4v) is 9.38. The average molecular weight is 823 g/mol. The molecule has 320 valence electrons. The van der Waals surface area contributed by atoms with Crippen LogP contribution in [0.2, 0.25) is 0 Å². The summed E-state index contributed by atoms with van der Waals surface area (Å²) in [6, 6.07) is 18.4. The lowest BCUT2D eigenvalue weighted by Crippen LogP contribution is -2.70. The van der Waals surface area contributed by atoms with Gasteiger partial charge in [0, 0.05) is 49.1 Å². The van der Waals surface area contributed by atoms with Gasteiger partial charge in [0.25, 0.3) is 0 Å². The number of halogens is 1. The summed E-state index contributed by atoms with van der Waals surface area (Å²) in [5.74, 6) is -0.895. The van der Waals surface area contributed by atoms with E-state index in [2.05, 4.69) is 12.7 Å². The highest BCUT2D eigenvalue weighted by Gasteiger charge is 2.66. The quantitative estimate of drug-likeness (QED) is 0.0531. The lowest BCUT2D eigenvalue weighted by atomic mass is 9.55. The summed E-state index contributed by atoms with van der Waals surface area (Å²) in [6.45, 7) is 10.4. The number of nitrogens with zero attached hydrogens (tertiary/aromatic N) is 2. The highest BCUT2D eigenvalue weighted by atomic mass is 19.1. The summed E-state index contributed by atoms with van der Waals surface area (Å²) in [5.41, 5.74) is 3.23. The highest BCUT2D eigenvalue weighted by Crippen LogP contribution is 2.62. The summed E-state index contributed by atoms with van der Waals surface area (Å²) < 4.78 is 35.2. The molecular formula is C49H59FN2O8. The Balaban J connectivity index is 1.46. The number of ether oxygens (including phenoxy) is 3. The molecule has 60 heavy (non-hydrogen) atoms. The number of aliphatic hydroxyl groups is 2. The maximum absolute atomic E-state index is 14.7. The lowest BCUT2D eigenvalue weighted by Gasteiger charge is -2.60. The zero-order chi connectivity index (χ0) is 42.4. The standard InChI is InChI=1S/C49H59FN2O8/c1-5-25-57-49-44(52(47(56)34-17-18-34)30-32-15-19-36(50)20-16-32)29-42(51-60-48(2,3)4)40-27-35(12-6-8-23-53)39(14-7-9-24-54)45(46(40)49)41-28-38(21-22-43(41)59-49)58-37-13-10-11-33(26-37)31-55/h5,10-11,13,15-16,19-22,26-28,31,34-35,39,44-46,53-54H,1,6-9,12,14,17-18,23-25,29-30H2,2-4H3/t35-,39+,44-,45+,46+,49+/m0/s1. The number of benzene rings is 3. The Bertz CT molecular complexity index is 2060. The van der Waals surface area contributed by atoms with Gasteiger partial charge in [-0.1, -0.05) is 54.4 Å². The molecule has 2 N–H and O–H groups in total. The van der Waals surface area contributed by atoms with Gasteiger partial charge in [0.1, 0.15) is 41.0 Å². The van der Waals surface area contributed by atoms with Crippen LogP contribution >= 0.6 is 0 Å². The van der Waals surface area contributed by atoms with Gasteiger partial charge in [-0.15, -0.1) is 6.58 Å². The van der Waals surface area contributed by atoms with Crippen molar-refractivity contribution in [2.75, 3.05) is 19.8 Å². The van der Waals surface area contributed by atoms with E-state index in [0.717, 1.165) is 61.5 Å². The molecule has 1 aliphatic heterocycles. The summed E-state index contributed by atoms with van der Waals surface area (Å²) in [7, 11) is 0. The molecule has 0 unspecified atom stereocenters. The third-order valence-corrected chi connectivity index (χ3v) is 12.2. The van der Waals surface area contributed by atoms with E-state index in [1.807, 2.05) is 49.9 Å². The van der Waals surface area contributed by atoms with Crippen molar-refractivity contribution in [2.45, 2.75) is 108 Å². The first-order chi connectivity index (χ1) is 29.0. The minimum atomic E-state index is -1.42. The van der Waals surface area contributed by atoms with E-state index in [0.29, 0.717) is 41.4 Å². The van der Waals surface area contributed by atoms with Gasteiger partial charge >= 0.3 is 0 Å². The maximum atomic E-state index is 14.7. The second-order valence-electron chi connectivity index (χ2n) is 17.6. The van der Waals surface area contributed by atoms with Crippen molar-refractivity contribution in [1.82, 2.24) is 4.90 Å². The minimum Gasteiger partial charge on any atom is -0.459 e. The molecule has 0 radical (unpaired) electrons. The molecule has 0 saturated heterocycles. The van der Waals surface area contributed by atoms with Crippen molar-refractivity contribution in [3.8, 4) is 17.2 Å². The van der Waals surface area contributed by atoms with Gasteiger partial charge in [0.05, 0.1) is 18.2 Å². The Hall–Kier alpha value is -4.84. The molecule has 3 aliphatic carbocycles. The predicted molar refractivity (Wildman–Crippen MR) is 227 cm³/mol. The molecular weight excluding hydrogens is 764 g/mol. The van der Waals surface area contributed by atoms with E-state index in [9.17, 15) is 24.2 Å². The van der Waals surface area contributed by atoms with Gasteiger partial charge in [-0.05, 0) is 125 Å². The molecule has 1 heterocycles. The second kappa shape index (κ2) is 18.8. The number of oxime groups is 1. The first-order valence-electron chi connectivity index (χ1n) is 21.5. The third kappa shape index (κ3) is 9.54. The fraction of sp³-hybridized carbons (Fsp3) is 0.490. The van der Waals surface area contributed by atoms with Crippen molar-refractivity contribution in [2.24, 2.45) is 28.8 Å². The van der Waals surface area contributed by atoms with Crippen LogP contribution in [0.3, 0.4) is 0 Å². The number of aliphatic hydroxyl groups excluding tert-OH is 2. The van der Waals surface area contributed by atoms with Crippen LogP contribution in [0, 0.1) is 29.5 Å². The monoisotopic (exact) mass is 822 g/mol. The maximum Gasteiger partial charge on any atom is 0.239 e. The Morgan fingerprint density at radius 2 is 1.73 bits per heavy atom. The van der Waals surface area contributed by atoms with Crippen molar-refractivity contribution < 1.29 is 43.2 Å². The number of carbonyl (C=O) groups excluding carboxylic acids is 2. The van der Waals surface area contributed by atoms with Crippen molar-refractivity contribution in [3.05, 3.63) is 114 Å². The van der Waals surface area contributed by atoms with Gasteiger partial charge in [-0.25, -0.2) is 4.39 Å². The normalized spacial score (nSPS) is 25.0. The fourth-order valence-electron chi connectivity index (χ4n) is 9.38. The van der Waals surface area contributed by atoms with Crippen LogP contribution in [0.4, 0.5) is 4.39 Å². The van der Waals surface area contributed by atoms with Gasteiger partial charge in [-0.2, -0.15) is 0 Å². The van der Waals surface area contributed by atoms with Gasteiger partial charge < -0.3 is 34.2 Å². The van der Waals surface area contributed by atoms with Crippen LogP contribution < -0.4 is 9.47 Å². The van der Waals surface area contributed by atoms with Crippen LogP contribution in [0.5, 0.6) is 17.2 Å². The molecule has 0 aromatic heterocycles. The molecule has 7 rings (SSSR count). The average Bonchev–Trinajstić information content (AvgIpc) is 4.09. The zero-order valence-electron chi connectivity index (χ0n) is 35.1. The lowest BCUT2D eigenvalue weighted by molar-refractivity contribution is -0.258. The summed E-state index contributed by atoms with van der Waals surface area (Å²) in [5, 5.41) is 24.8. The molecule has 3 aromatic carbocycles. The first kappa shape index (κ1) is 43.3. The molecule has 6 atom stereocenters. The largest absolute Gasteiger partial charge is 0.459 e. The van der Waals surface area contributed by atoms with E-state index < -0.39 is 23.3 Å². The SMILES string of the molecule is C=CCO[C@@]12Oc3ccc(Oc4cccc(C=O)c4)cc3[C@H]3[C@H](CCCCO)[C@@H](CCCCO)C=C(C(=NOC(C)(C)C)C[C@@H]1N(Cc1ccc(F)cc1)C(=O)C1CC1)[C@H]32. The summed E-state index contributed by atoms with van der Waals surface area (Å²) in [4.78, 5) is 34.5. The molecule has 4 aliphatic rings. The van der Waals surface area contributed by atoms with Crippen LogP contribution in [-0.2, 0) is 20.9 Å². The summed E-state index contributed by atoms with van der Waals surface area (Å²) >= 11 is 0. The smallest absolute Gasteiger partial charge is 0.239 e. The number of rotatable bonds is 19. The predicted octanol–water partition coefficient (Wildman–Crippen LogP) is 9.30. The van der Waals surface area contributed by atoms with Crippen molar-refractivity contribution in [3.63, 3.8) is 0 Å². The molecule has 11 heteroatoms. The Morgan fingerprint density at radius 1 is 1.00 bits per heavy atom. The zero-order valence-corrected chi connectivity index (χ0v) is 35.1. The van der Waals surface area contributed by atoms with E-state index in [-0.39, 0.29) is 68.2 Å². The van der Waals surface area contributed by atoms with E-state index in [1.54, 1.807) is 36.4 Å². The van der Waals surface area contributed by atoms with E-state index >= 15 is 0 Å². The van der Waals surface area contributed by atoms with Crippen LogP contribution in [0.15, 0.2) is 96.2 Å². The third-order valence-electron chi connectivity index (χ3n) is 12.2. The van der Waals surface area contributed by atoms with Gasteiger partial charge in [-0.3, -0.25) is 9.59 Å². The van der Waals surface area contributed by atoms with Gasteiger partial charge in [0.15, 0.2) is 0 Å². The molecule has 2 fully saturated rings. The molecule has 0 spiro atoms. The molecule has 3 aromatic rings. The van der Waals surface area contributed by atoms with Gasteiger partial charge in [0.2, 0.25) is 11.7 Å². The second-order valence-corrected chi connectivity index (χ2v) is 17.6. The Kier molecular flexibility index (Phi) is 13.6. The molecule has 2 saturated carbocycles. The first-order valence-corrected chi connectivity index (χ1v) is 21.5. The number of fused-ring (bicyclic) bond motifs is 2. The van der Waals surface area contributed by atoms with Crippen molar-refractivity contribution >= 4 is 17.9 Å². The van der Waals surface area contributed by atoms with E-state index in [4.69, 9.17) is 24.2 Å². The number of unbranched alkanes of at least 4 members (excludes halogenated alkanes) is 2. The van der Waals surface area contributed by atoms with Crippen LogP contribution in [-0.4, -0.2) is 70.3 Å².